The first-order chi connectivity index (χ1) is 6.18. The quantitative estimate of drug-likeness (QED) is 0.348. The number of ether oxygens (including phenoxy) is 1. The summed E-state index contributed by atoms with van der Waals surface area (Å²) in [5.41, 5.74) is 2.19. The van der Waals surface area contributed by atoms with E-state index in [9.17, 15) is 4.79 Å². The molecular weight excluding hydrogens is 164 g/mol. The molecule has 2 aliphatic carbocycles. The number of hydrogen-bond acceptors (Lipinski definition) is 2. The van der Waals surface area contributed by atoms with E-state index in [1.807, 2.05) is 0 Å². The molecule has 0 N–H and O–H groups in total. The minimum absolute atomic E-state index is 0.271. The monoisotopic (exact) mass is 176 g/mol. The zero-order valence-corrected chi connectivity index (χ0v) is 7.62. The first-order valence-corrected chi connectivity index (χ1v) is 4.43. The third-order valence-corrected chi connectivity index (χ3v) is 2.65. The maximum atomic E-state index is 10.6. The van der Waals surface area contributed by atoms with E-state index in [1.54, 1.807) is 6.26 Å². The zero-order chi connectivity index (χ0) is 9.42. The number of rotatable bonds is 1. The van der Waals surface area contributed by atoms with Crippen LogP contribution in [-0.4, -0.2) is 5.97 Å². The Morgan fingerprint density at radius 1 is 1.62 bits per heavy atom. The van der Waals surface area contributed by atoms with Crippen LogP contribution in [0.25, 0.3) is 0 Å². The molecule has 0 unspecified atom stereocenters. The molecule has 1 saturated carbocycles. The van der Waals surface area contributed by atoms with Gasteiger partial charge in [-0.2, -0.15) is 0 Å². The Morgan fingerprint density at radius 3 is 2.85 bits per heavy atom. The second-order valence-corrected chi connectivity index (χ2v) is 3.54. The second kappa shape index (κ2) is 2.87. The van der Waals surface area contributed by atoms with Gasteiger partial charge in [0.2, 0.25) is 0 Å². The molecule has 0 aromatic carbocycles. The predicted octanol–water partition coefficient (Wildman–Crippen LogP) is 2.20. The number of carbonyl (C=O) groups excluding carboxylic acids is 1. The predicted molar refractivity (Wildman–Crippen MR) is 49.7 cm³/mol. The lowest BCUT2D eigenvalue weighted by Gasteiger charge is -2.10. The molecule has 0 amide bonds. The molecule has 0 radical (unpaired) electrons. The van der Waals surface area contributed by atoms with Crippen LogP contribution in [0.3, 0.4) is 0 Å². The van der Waals surface area contributed by atoms with Crippen molar-refractivity contribution in [3.05, 3.63) is 36.1 Å². The Balaban J connectivity index is 2.17. The van der Waals surface area contributed by atoms with Gasteiger partial charge in [-0.1, -0.05) is 18.7 Å². The van der Waals surface area contributed by atoms with Crippen molar-refractivity contribution in [3.63, 3.8) is 0 Å². The molecule has 68 valence electrons. The smallest absolute Gasteiger partial charge is 0.307 e. The van der Waals surface area contributed by atoms with Gasteiger partial charge >= 0.3 is 5.97 Å². The lowest BCUT2D eigenvalue weighted by molar-refractivity contribution is -0.135. The fraction of sp³-hybridized carbons (Fsp3) is 0.364. The molecule has 2 heteroatoms. The fourth-order valence-corrected chi connectivity index (χ4v) is 1.95. The standard InChI is InChI=1S/C11H12O2/c1-7-9-3-4-10(5-9)11(7)6-13-8(2)12/h3-4,6,9-10H,1,5H2,2H3/b11-6+/t9-,10+/m0/s1. The lowest BCUT2D eigenvalue weighted by atomic mass is 9.98. The summed E-state index contributed by atoms with van der Waals surface area (Å²) < 4.78 is 4.85. The highest BCUT2D eigenvalue weighted by atomic mass is 16.5. The Hall–Kier alpha value is -1.31. The molecule has 2 nitrogen and oxygen atoms in total. The van der Waals surface area contributed by atoms with Crippen LogP contribution in [0, 0.1) is 11.8 Å². The van der Waals surface area contributed by atoms with E-state index in [0.29, 0.717) is 11.8 Å². The average Bonchev–Trinajstić information content (AvgIpc) is 2.61. The molecule has 0 heterocycles. The molecule has 1 fully saturated rings. The Bertz CT molecular complexity index is 323. The number of carbonyl (C=O) groups is 1. The normalized spacial score (nSPS) is 33.0. The van der Waals surface area contributed by atoms with Crippen molar-refractivity contribution in [2.45, 2.75) is 13.3 Å². The molecule has 0 spiro atoms. The van der Waals surface area contributed by atoms with E-state index in [1.165, 1.54) is 6.92 Å². The van der Waals surface area contributed by atoms with Gasteiger partial charge in [0, 0.05) is 18.8 Å². The van der Waals surface area contributed by atoms with Gasteiger partial charge in [0.1, 0.15) is 0 Å². The SMILES string of the molecule is C=C1/C(=C\OC(C)=O)[C@@H]2C=C[C@H]1C2. The van der Waals surface area contributed by atoms with Crippen molar-refractivity contribution in [2.75, 3.05) is 0 Å². The van der Waals surface area contributed by atoms with Crippen molar-refractivity contribution in [3.8, 4) is 0 Å². The fourth-order valence-electron chi connectivity index (χ4n) is 1.95. The van der Waals surface area contributed by atoms with Crippen LogP contribution < -0.4 is 0 Å². The highest BCUT2D eigenvalue weighted by Gasteiger charge is 2.34. The molecule has 2 rings (SSSR count). The molecule has 2 atom stereocenters. The van der Waals surface area contributed by atoms with E-state index in [0.717, 1.165) is 17.6 Å². The van der Waals surface area contributed by atoms with Gasteiger partial charge in [0.25, 0.3) is 0 Å². The van der Waals surface area contributed by atoms with E-state index >= 15 is 0 Å². The summed E-state index contributed by atoms with van der Waals surface area (Å²) in [5, 5.41) is 0. The highest BCUT2D eigenvalue weighted by molar-refractivity contribution is 5.67. The average molecular weight is 176 g/mol. The van der Waals surface area contributed by atoms with Gasteiger partial charge in [-0.25, -0.2) is 0 Å². The lowest BCUT2D eigenvalue weighted by Crippen LogP contribution is -1.99. The summed E-state index contributed by atoms with van der Waals surface area (Å²) in [6, 6.07) is 0. The van der Waals surface area contributed by atoms with Crippen molar-refractivity contribution in [1.82, 2.24) is 0 Å². The van der Waals surface area contributed by atoms with E-state index < -0.39 is 0 Å². The van der Waals surface area contributed by atoms with Gasteiger partial charge < -0.3 is 4.74 Å². The zero-order valence-electron chi connectivity index (χ0n) is 7.62. The number of fused-ring (bicyclic) bond motifs is 2. The summed E-state index contributed by atoms with van der Waals surface area (Å²) in [7, 11) is 0. The third-order valence-electron chi connectivity index (χ3n) is 2.65. The summed E-state index contributed by atoms with van der Waals surface area (Å²) in [4.78, 5) is 10.6. The Morgan fingerprint density at radius 2 is 2.31 bits per heavy atom. The summed E-state index contributed by atoms with van der Waals surface area (Å²) in [5.74, 6) is 0.635. The van der Waals surface area contributed by atoms with Crippen molar-refractivity contribution < 1.29 is 9.53 Å². The highest BCUT2D eigenvalue weighted by Crippen LogP contribution is 2.46. The molecule has 0 aromatic heterocycles. The molecule has 2 bridgehead atoms. The van der Waals surface area contributed by atoms with Crippen LogP contribution in [0.5, 0.6) is 0 Å². The second-order valence-electron chi connectivity index (χ2n) is 3.54. The number of esters is 1. The minimum atomic E-state index is -0.271. The summed E-state index contributed by atoms with van der Waals surface area (Å²) in [6.07, 6.45) is 7.00. The van der Waals surface area contributed by atoms with Crippen LogP contribution in [-0.2, 0) is 9.53 Å². The largest absolute Gasteiger partial charge is 0.434 e. The maximum absolute atomic E-state index is 10.6. The molecule has 0 saturated heterocycles. The first kappa shape index (κ1) is 8.30. The van der Waals surface area contributed by atoms with Crippen LogP contribution in [0.15, 0.2) is 36.1 Å². The van der Waals surface area contributed by atoms with Gasteiger partial charge in [0.05, 0.1) is 6.26 Å². The van der Waals surface area contributed by atoms with Gasteiger partial charge in [0.15, 0.2) is 0 Å². The molecule has 0 aliphatic heterocycles. The van der Waals surface area contributed by atoms with E-state index in [-0.39, 0.29) is 5.97 Å². The maximum Gasteiger partial charge on any atom is 0.307 e. The molecule has 2 aliphatic rings. The van der Waals surface area contributed by atoms with Gasteiger partial charge in [-0.05, 0) is 17.6 Å². The minimum Gasteiger partial charge on any atom is -0.434 e. The van der Waals surface area contributed by atoms with Crippen LogP contribution >= 0.6 is 0 Å². The van der Waals surface area contributed by atoms with Gasteiger partial charge in [-0.15, -0.1) is 0 Å². The number of allylic oxidation sites excluding steroid dienone is 4. The topological polar surface area (TPSA) is 26.3 Å². The van der Waals surface area contributed by atoms with Gasteiger partial charge in [-0.3, -0.25) is 4.79 Å². The summed E-state index contributed by atoms with van der Waals surface area (Å²) >= 11 is 0. The van der Waals surface area contributed by atoms with E-state index in [2.05, 4.69) is 18.7 Å². The van der Waals surface area contributed by atoms with E-state index in [4.69, 9.17) is 4.74 Å². The van der Waals surface area contributed by atoms with Crippen molar-refractivity contribution in [1.29, 1.82) is 0 Å². The Kier molecular flexibility index (Phi) is 1.83. The molecule has 0 aromatic rings. The van der Waals surface area contributed by atoms with Crippen molar-refractivity contribution >= 4 is 5.97 Å². The van der Waals surface area contributed by atoms with Crippen LogP contribution in [0.4, 0.5) is 0 Å². The van der Waals surface area contributed by atoms with Crippen LogP contribution in [0.2, 0.25) is 0 Å². The van der Waals surface area contributed by atoms with Crippen LogP contribution in [0.1, 0.15) is 13.3 Å². The number of hydrogen-bond donors (Lipinski definition) is 0. The first-order valence-electron chi connectivity index (χ1n) is 4.43. The van der Waals surface area contributed by atoms with Crippen molar-refractivity contribution in [2.24, 2.45) is 11.8 Å². The molecular formula is C11H12O2. The molecule has 13 heavy (non-hydrogen) atoms. The summed E-state index contributed by atoms with van der Waals surface area (Å²) in [6.45, 7) is 5.39. The Labute approximate surface area is 77.6 Å². The third kappa shape index (κ3) is 1.32.